The molecule has 0 heterocycles. The summed E-state index contributed by atoms with van der Waals surface area (Å²) in [6, 6.07) is 5.49. The average Bonchev–Trinajstić information content (AvgIpc) is 2.35. The van der Waals surface area contributed by atoms with Crippen molar-refractivity contribution in [2.24, 2.45) is 0 Å². The molecule has 0 aliphatic heterocycles. The monoisotopic (exact) mass is 282 g/mol. The molecule has 0 bridgehead atoms. The van der Waals surface area contributed by atoms with Gasteiger partial charge in [-0.15, -0.1) is 0 Å². The molecule has 1 fully saturated rings. The van der Waals surface area contributed by atoms with Gasteiger partial charge in [-0.05, 0) is 37.5 Å². The van der Waals surface area contributed by atoms with Crippen LogP contribution in [-0.2, 0) is 0 Å². The van der Waals surface area contributed by atoms with E-state index in [9.17, 15) is 4.79 Å². The van der Waals surface area contributed by atoms with E-state index in [4.69, 9.17) is 16.7 Å². The number of benzene rings is 1. The van der Waals surface area contributed by atoms with Crippen molar-refractivity contribution in [3.63, 3.8) is 0 Å². The highest BCUT2D eigenvalue weighted by molar-refractivity contribution is 6.31. The molecule has 19 heavy (non-hydrogen) atoms. The van der Waals surface area contributed by atoms with E-state index in [1.807, 2.05) is 0 Å². The van der Waals surface area contributed by atoms with Crippen molar-refractivity contribution < 1.29 is 9.90 Å². The summed E-state index contributed by atoms with van der Waals surface area (Å²) in [4.78, 5) is 14.4. The lowest BCUT2D eigenvalue weighted by atomic mass is 9.91. The lowest BCUT2D eigenvalue weighted by molar-refractivity contribution is 0.0527. The SMILES string of the molecule is CNc1ccc(Cl)cc1C(=O)N(CCO)C1CCC1. The summed E-state index contributed by atoms with van der Waals surface area (Å²) in [5, 5.41) is 12.7. The number of hydrogen-bond donors (Lipinski definition) is 2. The summed E-state index contributed by atoms with van der Waals surface area (Å²) >= 11 is 5.98. The third-order valence-corrected chi connectivity index (χ3v) is 3.83. The standard InChI is InChI=1S/C14H19ClN2O2/c1-16-13-6-5-10(15)9-12(13)14(19)17(7-8-18)11-3-2-4-11/h5-6,9,11,16,18H,2-4,7-8H2,1H3. The zero-order valence-electron chi connectivity index (χ0n) is 11.0. The van der Waals surface area contributed by atoms with Gasteiger partial charge in [-0.3, -0.25) is 4.79 Å². The summed E-state index contributed by atoms with van der Waals surface area (Å²) in [6.07, 6.45) is 3.18. The second kappa shape index (κ2) is 6.26. The van der Waals surface area contributed by atoms with Gasteiger partial charge in [0, 0.05) is 30.3 Å². The summed E-state index contributed by atoms with van der Waals surface area (Å²) in [7, 11) is 1.78. The number of amides is 1. The van der Waals surface area contributed by atoms with Crippen LogP contribution in [0, 0.1) is 0 Å². The Morgan fingerprint density at radius 2 is 2.26 bits per heavy atom. The number of aliphatic hydroxyl groups is 1. The number of anilines is 1. The first-order chi connectivity index (χ1) is 9.17. The Kier molecular flexibility index (Phi) is 4.66. The van der Waals surface area contributed by atoms with Gasteiger partial charge in [-0.25, -0.2) is 0 Å². The fourth-order valence-corrected chi connectivity index (χ4v) is 2.49. The number of nitrogens with zero attached hydrogens (tertiary/aromatic N) is 1. The molecular formula is C14H19ClN2O2. The number of halogens is 1. The largest absolute Gasteiger partial charge is 0.395 e. The molecule has 1 aromatic carbocycles. The molecule has 5 heteroatoms. The summed E-state index contributed by atoms with van der Waals surface area (Å²) in [6.45, 7) is 0.358. The van der Waals surface area contributed by atoms with E-state index in [2.05, 4.69) is 5.32 Å². The van der Waals surface area contributed by atoms with Crippen molar-refractivity contribution in [1.82, 2.24) is 4.90 Å². The molecule has 0 spiro atoms. The van der Waals surface area contributed by atoms with Crippen LogP contribution in [0.4, 0.5) is 5.69 Å². The Morgan fingerprint density at radius 1 is 1.53 bits per heavy atom. The molecule has 2 N–H and O–H groups in total. The maximum absolute atomic E-state index is 12.6. The van der Waals surface area contributed by atoms with Crippen LogP contribution in [0.15, 0.2) is 18.2 Å². The Bertz CT molecular complexity index is 461. The van der Waals surface area contributed by atoms with Gasteiger partial charge in [-0.2, -0.15) is 0 Å². The van der Waals surface area contributed by atoms with Gasteiger partial charge in [0.15, 0.2) is 0 Å². The quantitative estimate of drug-likeness (QED) is 0.872. The van der Waals surface area contributed by atoms with Crippen LogP contribution >= 0.6 is 11.6 Å². The van der Waals surface area contributed by atoms with Crippen LogP contribution in [0.5, 0.6) is 0 Å². The van der Waals surface area contributed by atoms with Crippen molar-refractivity contribution in [3.05, 3.63) is 28.8 Å². The van der Waals surface area contributed by atoms with Gasteiger partial charge in [0.1, 0.15) is 0 Å². The second-order valence-corrected chi connectivity index (χ2v) is 5.18. The Labute approximate surface area is 118 Å². The molecule has 0 saturated heterocycles. The molecule has 4 nitrogen and oxygen atoms in total. The maximum Gasteiger partial charge on any atom is 0.256 e. The first kappa shape index (κ1) is 14.2. The Morgan fingerprint density at radius 3 is 2.79 bits per heavy atom. The molecular weight excluding hydrogens is 264 g/mol. The number of carbonyl (C=O) groups excluding carboxylic acids is 1. The number of aliphatic hydroxyl groups excluding tert-OH is 1. The number of nitrogens with one attached hydrogen (secondary N) is 1. The van der Waals surface area contributed by atoms with Gasteiger partial charge in [0.25, 0.3) is 5.91 Å². The van der Waals surface area contributed by atoms with Crippen LogP contribution in [0.1, 0.15) is 29.6 Å². The smallest absolute Gasteiger partial charge is 0.256 e. The Hall–Kier alpha value is -1.26. The second-order valence-electron chi connectivity index (χ2n) is 4.75. The van der Waals surface area contributed by atoms with Gasteiger partial charge in [-0.1, -0.05) is 11.6 Å². The molecule has 0 atom stereocenters. The van der Waals surface area contributed by atoms with Gasteiger partial charge >= 0.3 is 0 Å². The Balaban J connectivity index is 2.27. The molecule has 1 amide bonds. The average molecular weight is 283 g/mol. The highest BCUT2D eigenvalue weighted by Crippen LogP contribution is 2.28. The van der Waals surface area contributed by atoms with Crippen LogP contribution in [-0.4, -0.2) is 42.2 Å². The van der Waals surface area contributed by atoms with E-state index in [-0.39, 0.29) is 18.6 Å². The lowest BCUT2D eigenvalue weighted by Crippen LogP contribution is -2.45. The van der Waals surface area contributed by atoms with Crippen LogP contribution in [0.25, 0.3) is 0 Å². The molecule has 1 saturated carbocycles. The minimum atomic E-state index is -0.0643. The van der Waals surface area contributed by atoms with Crippen LogP contribution in [0.2, 0.25) is 5.02 Å². The van der Waals surface area contributed by atoms with E-state index in [0.29, 0.717) is 17.1 Å². The van der Waals surface area contributed by atoms with E-state index < -0.39 is 0 Å². The number of carbonyl (C=O) groups is 1. The van der Waals surface area contributed by atoms with Crippen LogP contribution < -0.4 is 5.32 Å². The van der Waals surface area contributed by atoms with E-state index in [0.717, 1.165) is 24.9 Å². The summed E-state index contributed by atoms with van der Waals surface area (Å²) in [5.41, 5.74) is 1.33. The topological polar surface area (TPSA) is 52.6 Å². The summed E-state index contributed by atoms with van der Waals surface area (Å²) in [5.74, 6) is -0.0643. The van der Waals surface area contributed by atoms with E-state index in [1.165, 1.54) is 0 Å². The third-order valence-electron chi connectivity index (χ3n) is 3.60. The van der Waals surface area contributed by atoms with Gasteiger partial charge in [0.05, 0.1) is 12.2 Å². The normalized spacial score (nSPS) is 14.9. The fraction of sp³-hybridized carbons (Fsp3) is 0.500. The van der Waals surface area contributed by atoms with E-state index in [1.54, 1.807) is 30.1 Å². The van der Waals surface area contributed by atoms with Crippen molar-refractivity contribution in [1.29, 1.82) is 0 Å². The predicted octanol–water partition coefficient (Wildman–Crippen LogP) is 2.37. The maximum atomic E-state index is 12.6. The van der Waals surface area contributed by atoms with Gasteiger partial charge in [0.2, 0.25) is 0 Å². The fourth-order valence-electron chi connectivity index (χ4n) is 2.32. The highest BCUT2D eigenvalue weighted by Gasteiger charge is 2.30. The molecule has 104 valence electrons. The van der Waals surface area contributed by atoms with Crippen molar-refractivity contribution >= 4 is 23.2 Å². The minimum Gasteiger partial charge on any atom is -0.395 e. The third kappa shape index (κ3) is 3.01. The molecule has 2 rings (SSSR count). The molecule has 1 aliphatic rings. The zero-order chi connectivity index (χ0) is 13.8. The number of hydrogen-bond acceptors (Lipinski definition) is 3. The molecule has 0 radical (unpaired) electrons. The predicted molar refractivity (Wildman–Crippen MR) is 76.8 cm³/mol. The van der Waals surface area contributed by atoms with Crippen molar-refractivity contribution in [3.8, 4) is 0 Å². The van der Waals surface area contributed by atoms with Crippen molar-refractivity contribution in [2.75, 3.05) is 25.5 Å². The zero-order valence-corrected chi connectivity index (χ0v) is 11.8. The molecule has 0 unspecified atom stereocenters. The molecule has 1 aliphatic carbocycles. The van der Waals surface area contributed by atoms with E-state index >= 15 is 0 Å². The first-order valence-electron chi connectivity index (χ1n) is 6.56. The highest BCUT2D eigenvalue weighted by atomic mass is 35.5. The van der Waals surface area contributed by atoms with Crippen molar-refractivity contribution in [2.45, 2.75) is 25.3 Å². The number of rotatable bonds is 5. The van der Waals surface area contributed by atoms with Gasteiger partial charge < -0.3 is 15.3 Å². The van der Waals surface area contributed by atoms with Crippen LogP contribution in [0.3, 0.4) is 0 Å². The lowest BCUT2D eigenvalue weighted by Gasteiger charge is -2.37. The first-order valence-corrected chi connectivity index (χ1v) is 6.94. The molecule has 1 aromatic rings. The summed E-state index contributed by atoms with van der Waals surface area (Å²) < 4.78 is 0. The molecule has 0 aromatic heterocycles. The minimum absolute atomic E-state index is 0.0162.